The van der Waals surface area contributed by atoms with Crippen LogP contribution in [0, 0.1) is 0 Å². The molecule has 0 bridgehead atoms. The molecule has 0 unspecified atom stereocenters. The Morgan fingerprint density at radius 1 is 0.941 bits per heavy atom. The van der Waals surface area contributed by atoms with Crippen LogP contribution in [0.25, 0.3) is 22.6 Å². The van der Waals surface area contributed by atoms with Gasteiger partial charge in [0.1, 0.15) is 0 Å². The van der Waals surface area contributed by atoms with E-state index in [2.05, 4.69) is 4.98 Å². The Labute approximate surface area is 120 Å². The third kappa shape index (κ3) is 2.22. The molecule has 3 aromatic rings. The van der Waals surface area contributed by atoms with Gasteiger partial charge >= 0.3 is 35.4 Å². The summed E-state index contributed by atoms with van der Waals surface area (Å²) in [7, 11) is 0. The second-order valence-electron chi connectivity index (χ2n) is 3.55. The average Bonchev–Trinajstić information content (AvgIpc) is 2.73. The van der Waals surface area contributed by atoms with Crippen LogP contribution in [0.4, 0.5) is 0 Å². The Morgan fingerprint density at radius 3 is 2.41 bits per heavy atom. The Balaban J connectivity index is 0.00000108. The molecule has 1 aromatic heterocycles. The van der Waals surface area contributed by atoms with Crippen LogP contribution < -0.4 is 39.6 Å². The number of aromatic nitrogens is 1. The average molecular weight is 234 g/mol. The summed E-state index contributed by atoms with van der Waals surface area (Å²) in [6.45, 7) is 0. The van der Waals surface area contributed by atoms with Crippen molar-refractivity contribution in [2.75, 3.05) is 0 Å². The van der Waals surface area contributed by atoms with Crippen LogP contribution in [-0.2, 0) is 0 Å². The monoisotopic (exact) mass is 234 g/mol. The molecule has 0 atom stereocenters. The molecule has 3 nitrogen and oxygen atoms in total. The van der Waals surface area contributed by atoms with Crippen LogP contribution in [0.15, 0.2) is 52.9 Å². The van der Waals surface area contributed by atoms with Crippen molar-refractivity contribution >= 4 is 11.1 Å². The minimum atomic E-state index is -0.0437. The van der Waals surface area contributed by atoms with Gasteiger partial charge in [-0.05, 0) is 12.1 Å². The number of rotatable bonds is 1. The van der Waals surface area contributed by atoms with E-state index < -0.39 is 0 Å². The maximum Gasteiger partial charge on any atom is 1.00 e. The Hall–Kier alpha value is -1.29. The Kier molecular flexibility index (Phi) is 3.52. The third-order valence-corrected chi connectivity index (χ3v) is 2.48. The van der Waals surface area contributed by atoms with Gasteiger partial charge in [-0.15, -0.1) is 0 Å². The first-order chi connectivity index (χ1) is 7.84. The first-order valence-corrected chi connectivity index (χ1v) is 5.02. The quantitative estimate of drug-likeness (QED) is 0.507. The molecule has 3 rings (SSSR count). The number of benzene rings is 2. The van der Waals surface area contributed by atoms with Gasteiger partial charge in [0.2, 0.25) is 11.1 Å². The molecule has 1 N–H and O–H groups in total. The van der Waals surface area contributed by atoms with Gasteiger partial charge in [-0.3, -0.25) is 0 Å². The molecule has 0 radical (unpaired) electrons. The predicted molar refractivity (Wildman–Crippen MR) is 57.7 cm³/mol. The fraction of sp³-hybridized carbons (Fsp3) is 0. The van der Waals surface area contributed by atoms with Crippen LogP contribution in [0.3, 0.4) is 0 Å². The van der Waals surface area contributed by atoms with Crippen molar-refractivity contribution < 1.29 is 44.1 Å². The van der Waals surface area contributed by atoms with Crippen LogP contribution in [0.5, 0.6) is 5.75 Å². The SMILES string of the molecule is [Na+].[O-]c1ccccc1-c1[nH+]c2ccccc2o1. The molecule has 0 aliphatic heterocycles. The minimum absolute atomic E-state index is 0. The van der Waals surface area contributed by atoms with Crippen molar-refractivity contribution in [1.82, 2.24) is 0 Å². The van der Waals surface area contributed by atoms with E-state index in [-0.39, 0.29) is 35.3 Å². The zero-order valence-corrected chi connectivity index (χ0v) is 11.4. The number of nitrogens with one attached hydrogen (secondary N) is 1. The van der Waals surface area contributed by atoms with E-state index in [1.54, 1.807) is 12.1 Å². The molecule has 0 amide bonds. The van der Waals surface area contributed by atoms with Crippen molar-refractivity contribution in [3.05, 3.63) is 48.5 Å². The van der Waals surface area contributed by atoms with Gasteiger partial charge in [-0.2, -0.15) is 4.98 Å². The molecule has 0 saturated heterocycles. The van der Waals surface area contributed by atoms with Crippen molar-refractivity contribution in [2.24, 2.45) is 0 Å². The number of para-hydroxylation sites is 3. The summed E-state index contributed by atoms with van der Waals surface area (Å²) in [6.07, 6.45) is 0. The summed E-state index contributed by atoms with van der Waals surface area (Å²) in [4.78, 5) is 3.09. The predicted octanol–water partition coefficient (Wildman–Crippen LogP) is -1.01. The summed E-state index contributed by atoms with van der Waals surface area (Å²) < 4.78 is 5.58. The summed E-state index contributed by atoms with van der Waals surface area (Å²) in [5.41, 5.74) is 2.19. The van der Waals surface area contributed by atoms with Crippen molar-refractivity contribution in [1.29, 1.82) is 0 Å². The third-order valence-electron chi connectivity index (χ3n) is 2.48. The van der Waals surface area contributed by atoms with Crippen molar-refractivity contribution in [2.45, 2.75) is 0 Å². The fourth-order valence-corrected chi connectivity index (χ4v) is 1.69. The fourth-order valence-electron chi connectivity index (χ4n) is 1.69. The Bertz CT molecular complexity index is 615. The molecule has 17 heavy (non-hydrogen) atoms. The first-order valence-electron chi connectivity index (χ1n) is 5.02. The van der Waals surface area contributed by atoms with Gasteiger partial charge in [-0.25, -0.2) is 0 Å². The molecular formula is C13H9NNaO2+. The standard InChI is InChI=1S/C13H9NO2.Na/c15-11-7-3-1-5-9(11)13-14-10-6-2-4-8-12(10)16-13;/h1-8,15H;/q;+1. The molecule has 0 aliphatic rings. The number of hydrogen-bond donors (Lipinski definition) is 0. The van der Waals surface area contributed by atoms with Gasteiger partial charge in [0.25, 0.3) is 0 Å². The van der Waals surface area contributed by atoms with E-state index in [0.29, 0.717) is 11.5 Å². The molecule has 1 heterocycles. The van der Waals surface area contributed by atoms with Crippen molar-refractivity contribution in [3.63, 3.8) is 0 Å². The molecule has 0 spiro atoms. The van der Waals surface area contributed by atoms with Crippen LogP contribution >= 0.6 is 0 Å². The van der Waals surface area contributed by atoms with E-state index >= 15 is 0 Å². The van der Waals surface area contributed by atoms with Crippen LogP contribution in [-0.4, -0.2) is 0 Å². The normalized spacial score (nSPS) is 10.1. The zero-order chi connectivity index (χ0) is 11.0. The van der Waals surface area contributed by atoms with E-state index in [0.717, 1.165) is 11.1 Å². The summed E-state index contributed by atoms with van der Waals surface area (Å²) in [5.74, 6) is 0.463. The maximum absolute atomic E-state index is 11.6. The topological polar surface area (TPSA) is 50.3 Å². The van der Waals surface area contributed by atoms with E-state index in [1.165, 1.54) is 6.07 Å². The van der Waals surface area contributed by atoms with Gasteiger partial charge < -0.3 is 9.52 Å². The van der Waals surface area contributed by atoms with E-state index in [4.69, 9.17) is 4.42 Å². The van der Waals surface area contributed by atoms with Gasteiger partial charge in [0, 0.05) is 6.07 Å². The smallest absolute Gasteiger partial charge is 0.872 e. The van der Waals surface area contributed by atoms with Gasteiger partial charge in [0.15, 0.2) is 0 Å². The zero-order valence-electron chi connectivity index (χ0n) is 9.44. The second kappa shape index (κ2) is 4.92. The largest absolute Gasteiger partial charge is 1.00 e. The van der Waals surface area contributed by atoms with E-state index in [1.807, 2.05) is 30.3 Å². The molecule has 0 saturated carbocycles. The molecule has 2 aromatic carbocycles. The Morgan fingerprint density at radius 2 is 1.65 bits per heavy atom. The second-order valence-corrected chi connectivity index (χ2v) is 3.55. The molecular weight excluding hydrogens is 225 g/mol. The van der Waals surface area contributed by atoms with Gasteiger partial charge in [0.05, 0.1) is 5.56 Å². The van der Waals surface area contributed by atoms with Crippen molar-refractivity contribution in [3.8, 4) is 17.2 Å². The van der Waals surface area contributed by atoms with E-state index in [9.17, 15) is 5.11 Å². The maximum atomic E-state index is 11.6. The number of fused-ring (bicyclic) bond motifs is 1. The van der Waals surface area contributed by atoms with Crippen LogP contribution in [0.2, 0.25) is 0 Å². The molecule has 0 aliphatic carbocycles. The number of H-pyrrole nitrogens is 1. The molecule has 0 fully saturated rings. The number of hydrogen-bond acceptors (Lipinski definition) is 2. The summed E-state index contributed by atoms with van der Waals surface area (Å²) in [5, 5.41) is 11.6. The van der Waals surface area contributed by atoms with Gasteiger partial charge in [-0.1, -0.05) is 36.1 Å². The number of aromatic amines is 1. The summed E-state index contributed by atoms with van der Waals surface area (Å²) >= 11 is 0. The first kappa shape index (κ1) is 12.2. The molecule has 4 heteroatoms. The minimum Gasteiger partial charge on any atom is -0.872 e. The number of oxazole rings is 1. The molecule has 78 valence electrons. The summed E-state index contributed by atoms with van der Waals surface area (Å²) in [6, 6.07) is 14.4. The van der Waals surface area contributed by atoms with Crippen LogP contribution in [0.1, 0.15) is 0 Å².